The Labute approximate surface area is 142 Å². The fourth-order valence-corrected chi connectivity index (χ4v) is 2.28. The van der Waals surface area contributed by atoms with E-state index < -0.39 is 0 Å². The number of nitrogens with one attached hydrogen (secondary N) is 1. The summed E-state index contributed by atoms with van der Waals surface area (Å²) in [5.41, 5.74) is 7.00. The summed E-state index contributed by atoms with van der Waals surface area (Å²) < 4.78 is 10.9. The fourth-order valence-electron chi connectivity index (χ4n) is 2.28. The van der Waals surface area contributed by atoms with Gasteiger partial charge in [0.2, 0.25) is 5.91 Å². The van der Waals surface area contributed by atoms with Crippen molar-refractivity contribution in [3.05, 3.63) is 60.2 Å². The quantitative estimate of drug-likeness (QED) is 0.781. The number of rotatable bonds is 8. The summed E-state index contributed by atoms with van der Waals surface area (Å²) in [4.78, 5) is 12.0. The van der Waals surface area contributed by atoms with Crippen LogP contribution in [0.25, 0.3) is 0 Å². The van der Waals surface area contributed by atoms with Gasteiger partial charge < -0.3 is 20.5 Å². The van der Waals surface area contributed by atoms with Gasteiger partial charge in [0.25, 0.3) is 0 Å². The zero-order chi connectivity index (χ0) is 17.4. The van der Waals surface area contributed by atoms with Gasteiger partial charge in [0.05, 0.1) is 13.7 Å². The van der Waals surface area contributed by atoms with Crippen LogP contribution >= 0.6 is 0 Å². The van der Waals surface area contributed by atoms with Gasteiger partial charge in [-0.3, -0.25) is 4.79 Å². The van der Waals surface area contributed by atoms with Crippen LogP contribution in [0.5, 0.6) is 11.5 Å². The molecule has 2 unspecified atom stereocenters. The molecule has 0 bridgehead atoms. The predicted molar refractivity (Wildman–Crippen MR) is 94.1 cm³/mol. The van der Waals surface area contributed by atoms with Gasteiger partial charge in [-0.1, -0.05) is 30.3 Å². The van der Waals surface area contributed by atoms with Crippen molar-refractivity contribution in [3.8, 4) is 11.5 Å². The third-order valence-corrected chi connectivity index (χ3v) is 3.62. The van der Waals surface area contributed by atoms with Crippen LogP contribution in [0, 0.1) is 0 Å². The largest absolute Gasteiger partial charge is 0.497 e. The second-order valence-corrected chi connectivity index (χ2v) is 5.63. The van der Waals surface area contributed by atoms with Crippen LogP contribution in [-0.2, 0) is 4.79 Å². The van der Waals surface area contributed by atoms with Crippen LogP contribution in [0.2, 0.25) is 0 Å². The lowest BCUT2D eigenvalue weighted by Crippen LogP contribution is -2.35. The first-order valence-electron chi connectivity index (χ1n) is 7.96. The van der Waals surface area contributed by atoms with Crippen LogP contribution in [0.4, 0.5) is 0 Å². The van der Waals surface area contributed by atoms with Crippen molar-refractivity contribution in [1.82, 2.24) is 5.32 Å². The van der Waals surface area contributed by atoms with E-state index in [0.717, 1.165) is 17.1 Å². The molecule has 0 radical (unpaired) electrons. The molecular formula is C19H24N2O3. The highest BCUT2D eigenvalue weighted by molar-refractivity contribution is 5.76. The third kappa shape index (κ3) is 5.59. The average molecular weight is 328 g/mol. The monoisotopic (exact) mass is 328 g/mol. The van der Waals surface area contributed by atoms with Gasteiger partial charge in [-0.15, -0.1) is 0 Å². The average Bonchev–Trinajstić information content (AvgIpc) is 2.61. The summed E-state index contributed by atoms with van der Waals surface area (Å²) in [6, 6.07) is 16.6. The first-order valence-corrected chi connectivity index (χ1v) is 7.96. The number of ether oxygens (including phenoxy) is 2. The molecule has 0 aliphatic rings. The summed E-state index contributed by atoms with van der Waals surface area (Å²) in [5.74, 6) is 1.42. The van der Waals surface area contributed by atoms with Crippen LogP contribution in [0.3, 0.4) is 0 Å². The molecule has 2 atom stereocenters. The van der Waals surface area contributed by atoms with Crippen molar-refractivity contribution < 1.29 is 14.3 Å². The molecule has 0 aliphatic heterocycles. The SMILES string of the molecule is COc1ccc(OC(C)CNC(=O)CC(N)c2ccccc2)cc1. The van der Waals surface area contributed by atoms with E-state index in [1.165, 1.54) is 0 Å². The molecule has 0 saturated heterocycles. The number of benzene rings is 2. The fraction of sp³-hybridized carbons (Fsp3) is 0.316. The first kappa shape index (κ1) is 17.8. The molecule has 3 N–H and O–H groups in total. The maximum Gasteiger partial charge on any atom is 0.222 e. The normalized spacial score (nSPS) is 13.0. The maximum atomic E-state index is 12.0. The highest BCUT2D eigenvalue weighted by Gasteiger charge is 2.12. The van der Waals surface area contributed by atoms with Gasteiger partial charge in [0.15, 0.2) is 0 Å². The number of hydrogen-bond acceptors (Lipinski definition) is 4. The molecule has 0 fully saturated rings. The minimum absolute atomic E-state index is 0.0865. The van der Waals surface area contributed by atoms with Gasteiger partial charge >= 0.3 is 0 Å². The summed E-state index contributed by atoms with van der Waals surface area (Å²) in [5, 5.41) is 2.86. The van der Waals surface area contributed by atoms with Crippen molar-refractivity contribution in [3.63, 3.8) is 0 Å². The maximum absolute atomic E-state index is 12.0. The molecule has 1 amide bonds. The molecule has 2 rings (SSSR count). The predicted octanol–water partition coefficient (Wildman–Crippen LogP) is 2.67. The Morgan fingerprint density at radius 3 is 2.33 bits per heavy atom. The lowest BCUT2D eigenvalue weighted by Gasteiger charge is -2.17. The summed E-state index contributed by atoms with van der Waals surface area (Å²) in [6.45, 7) is 2.33. The topological polar surface area (TPSA) is 73.6 Å². The Hall–Kier alpha value is -2.53. The Bertz CT molecular complexity index is 629. The van der Waals surface area contributed by atoms with Gasteiger partial charge in [0, 0.05) is 12.5 Å². The number of carbonyl (C=O) groups excluding carboxylic acids is 1. The number of amides is 1. The lowest BCUT2D eigenvalue weighted by atomic mass is 10.0. The van der Waals surface area contributed by atoms with Crippen molar-refractivity contribution in [2.24, 2.45) is 5.73 Å². The molecule has 128 valence electrons. The van der Waals surface area contributed by atoms with Crippen molar-refractivity contribution >= 4 is 5.91 Å². The Morgan fingerprint density at radius 1 is 1.08 bits per heavy atom. The molecule has 5 nitrogen and oxygen atoms in total. The molecule has 0 spiro atoms. The summed E-state index contributed by atoms with van der Waals surface area (Å²) >= 11 is 0. The van der Waals surface area contributed by atoms with E-state index in [1.54, 1.807) is 7.11 Å². The molecule has 0 aliphatic carbocycles. The van der Waals surface area contributed by atoms with E-state index in [2.05, 4.69) is 5.32 Å². The van der Waals surface area contributed by atoms with E-state index in [9.17, 15) is 4.79 Å². The Morgan fingerprint density at radius 2 is 1.71 bits per heavy atom. The molecular weight excluding hydrogens is 304 g/mol. The van der Waals surface area contributed by atoms with E-state index in [1.807, 2.05) is 61.5 Å². The van der Waals surface area contributed by atoms with Gasteiger partial charge in [-0.05, 0) is 36.8 Å². The number of carbonyl (C=O) groups is 1. The highest BCUT2D eigenvalue weighted by Crippen LogP contribution is 2.18. The van der Waals surface area contributed by atoms with Crippen molar-refractivity contribution in [1.29, 1.82) is 0 Å². The zero-order valence-electron chi connectivity index (χ0n) is 14.1. The number of methoxy groups -OCH3 is 1. The lowest BCUT2D eigenvalue weighted by molar-refractivity contribution is -0.121. The van der Waals surface area contributed by atoms with E-state index >= 15 is 0 Å². The van der Waals surface area contributed by atoms with Gasteiger partial charge in [0.1, 0.15) is 17.6 Å². The summed E-state index contributed by atoms with van der Waals surface area (Å²) in [7, 11) is 1.62. The molecule has 0 aromatic heterocycles. The second-order valence-electron chi connectivity index (χ2n) is 5.63. The standard InChI is InChI=1S/C19H24N2O3/c1-14(24-17-10-8-16(23-2)9-11-17)13-21-19(22)12-18(20)15-6-4-3-5-7-15/h3-11,14,18H,12-13,20H2,1-2H3,(H,21,22). The van der Waals surface area contributed by atoms with Crippen molar-refractivity contribution in [2.45, 2.75) is 25.5 Å². The Balaban J connectivity index is 1.74. The summed E-state index contributed by atoms with van der Waals surface area (Å²) in [6.07, 6.45) is 0.106. The van der Waals surface area contributed by atoms with Crippen LogP contribution in [0.1, 0.15) is 24.9 Å². The van der Waals surface area contributed by atoms with E-state index in [4.69, 9.17) is 15.2 Å². The van der Waals surface area contributed by atoms with Gasteiger partial charge in [-0.25, -0.2) is 0 Å². The smallest absolute Gasteiger partial charge is 0.222 e. The molecule has 0 saturated carbocycles. The van der Waals surface area contributed by atoms with Crippen LogP contribution in [-0.4, -0.2) is 25.7 Å². The van der Waals surface area contributed by atoms with Crippen LogP contribution < -0.4 is 20.5 Å². The van der Waals surface area contributed by atoms with E-state index in [-0.39, 0.29) is 24.5 Å². The minimum atomic E-state index is -0.302. The third-order valence-electron chi connectivity index (χ3n) is 3.62. The van der Waals surface area contributed by atoms with E-state index in [0.29, 0.717) is 6.54 Å². The molecule has 24 heavy (non-hydrogen) atoms. The van der Waals surface area contributed by atoms with Gasteiger partial charge in [-0.2, -0.15) is 0 Å². The molecule has 5 heteroatoms. The van der Waals surface area contributed by atoms with Crippen LogP contribution in [0.15, 0.2) is 54.6 Å². The molecule has 0 heterocycles. The molecule has 2 aromatic rings. The zero-order valence-corrected chi connectivity index (χ0v) is 14.1. The second kappa shape index (κ2) is 8.93. The number of hydrogen-bond donors (Lipinski definition) is 2. The Kier molecular flexibility index (Phi) is 6.63. The number of nitrogens with two attached hydrogens (primary N) is 1. The highest BCUT2D eigenvalue weighted by atomic mass is 16.5. The van der Waals surface area contributed by atoms with Crippen molar-refractivity contribution in [2.75, 3.05) is 13.7 Å². The minimum Gasteiger partial charge on any atom is -0.497 e. The molecule has 2 aromatic carbocycles. The first-order chi connectivity index (χ1) is 11.6.